The molecule has 1 saturated carbocycles. The molecule has 296 valence electrons. The number of carbonyl (C=O) groups excluding carboxylic acids is 1. The molecule has 1 unspecified atom stereocenters. The predicted molar refractivity (Wildman–Crippen MR) is 214 cm³/mol. The molecular formula is C40H50ClN5O7S2. The Morgan fingerprint density at radius 1 is 0.964 bits per heavy atom. The number of sulfonamides is 1. The first kappa shape index (κ1) is 41.1. The molecule has 15 heteroatoms. The van der Waals surface area contributed by atoms with Crippen LogP contribution >= 0.6 is 23.5 Å². The molecule has 0 spiro atoms. The molecule has 1 saturated heterocycles. The maximum Gasteiger partial charge on any atom is 0.331 e. The number of carbonyl (C=O) groups is 3. The lowest BCUT2D eigenvalue weighted by atomic mass is 9.83. The van der Waals surface area contributed by atoms with E-state index in [1.54, 1.807) is 31.2 Å². The van der Waals surface area contributed by atoms with Crippen molar-refractivity contribution < 1.29 is 33.0 Å². The molecule has 3 aromatic carbocycles. The summed E-state index contributed by atoms with van der Waals surface area (Å²) in [4.78, 5) is 41.5. The van der Waals surface area contributed by atoms with Crippen LogP contribution in [0.2, 0.25) is 5.02 Å². The first-order chi connectivity index (χ1) is 26.4. The van der Waals surface area contributed by atoms with Crippen molar-refractivity contribution in [3.8, 4) is 0 Å². The predicted octanol–water partition coefficient (Wildman–Crippen LogP) is 5.98. The summed E-state index contributed by atoms with van der Waals surface area (Å²) in [5.74, 6) is -2.78. The molecule has 3 aromatic rings. The first-order valence-corrected chi connectivity index (χ1v) is 21.7. The van der Waals surface area contributed by atoms with E-state index in [2.05, 4.69) is 32.2 Å². The molecule has 2 heterocycles. The number of nitrogens with one attached hydrogen (secondary N) is 4. The normalized spacial score (nSPS) is 21.7. The summed E-state index contributed by atoms with van der Waals surface area (Å²) < 4.78 is 32.7. The molecular weight excluding hydrogens is 762 g/mol. The lowest BCUT2D eigenvalue weighted by Gasteiger charge is -2.42. The molecule has 0 radical (unpaired) electrons. The number of aliphatic carboxylic acids is 2. The molecule has 0 aromatic heterocycles. The second kappa shape index (κ2) is 18.2. The summed E-state index contributed by atoms with van der Waals surface area (Å²) in [7, 11) is -3.96. The Morgan fingerprint density at radius 2 is 1.65 bits per heavy atom. The van der Waals surface area contributed by atoms with Crippen molar-refractivity contribution >= 4 is 57.0 Å². The maximum atomic E-state index is 13.9. The topological polar surface area (TPSA) is 177 Å². The van der Waals surface area contributed by atoms with Crippen LogP contribution in [-0.2, 0) is 43.8 Å². The fourth-order valence-electron chi connectivity index (χ4n) is 8.11. The molecule has 2 fully saturated rings. The van der Waals surface area contributed by atoms with Crippen LogP contribution in [0, 0.1) is 0 Å². The Kier molecular flexibility index (Phi) is 13.6. The fourth-order valence-corrected chi connectivity index (χ4v) is 10.6. The number of hydrogen-bond donors (Lipinski definition) is 6. The Morgan fingerprint density at radius 3 is 2.35 bits per heavy atom. The van der Waals surface area contributed by atoms with Crippen LogP contribution in [-0.4, -0.2) is 77.6 Å². The van der Waals surface area contributed by atoms with Gasteiger partial charge in [-0.3, -0.25) is 19.8 Å². The number of likely N-dealkylation sites (tertiary alicyclic amines) is 1. The number of hydrogen-bond acceptors (Lipinski definition) is 10. The highest BCUT2D eigenvalue weighted by atomic mass is 35.5. The second-order valence-corrected chi connectivity index (χ2v) is 17.8. The van der Waals surface area contributed by atoms with Crippen molar-refractivity contribution in [3.63, 3.8) is 0 Å². The number of fused-ring (bicyclic) bond motifs is 1. The fraction of sp³-hybridized carbons (Fsp3) is 0.475. The molecule has 3 aliphatic rings. The third-order valence-corrected chi connectivity index (χ3v) is 13.9. The van der Waals surface area contributed by atoms with Gasteiger partial charge in [-0.1, -0.05) is 85.5 Å². The van der Waals surface area contributed by atoms with Gasteiger partial charge in [0.2, 0.25) is 10.0 Å². The number of Topliss-reactive ketones (excluding diaryl/α,β-unsaturated/α-hetero) is 1. The molecule has 6 rings (SSSR count). The van der Waals surface area contributed by atoms with Gasteiger partial charge in [0, 0.05) is 24.0 Å². The summed E-state index contributed by atoms with van der Waals surface area (Å²) in [6.45, 7) is 2.12. The lowest BCUT2D eigenvalue weighted by Crippen LogP contribution is -2.64. The monoisotopic (exact) mass is 811 g/mol. The van der Waals surface area contributed by atoms with E-state index in [0.29, 0.717) is 24.9 Å². The molecule has 1 aliphatic carbocycles. The van der Waals surface area contributed by atoms with Crippen molar-refractivity contribution in [2.45, 2.75) is 124 Å². The van der Waals surface area contributed by atoms with Crippen LogP contribution in [0.4, 0.5) is 5.69 Å². The molecule has 0 bridgehead atoms. The summed E-state index contributed by atoms with van der Waals surface area (Å²) >= 11 is 7.87. The quantitative estimate of drug-likeness (QED) is 0.0696. The van der Waals surface area contributed by atoms with E-state index in [-0.39, 0.29) is 41.5 Å². The highest BCUT2D eigenvalue weighted by Crippen LogP contribution is 2.39. The van der Waals surface area contributed by atoms with Gasteiger partial charge in [-0.2, -0.15) is 0 Å². The van der Waals surface area contributed by atoms with E-state index in [9.17, 15) is 33.0 Å². The van der Waals surface area contributed by atoms with Gasteiger partial charge >= 0.3 is 11.9 Å². The highest BCUT2D eigenvalue weighted by molar-refractivity contribution is 7.97. The van der Waals surface area contributed by atoms with Crippen LogP contribution < -0.4 is 20.1 Å². The second-order valence-electron chi connectivity index (χ2n) is 14.8. The van der Waals surface area contributed by atoms with Crippen LogP contribution in [0.3, 0.4) is 0 Å². The molecule has 6 N–H and O–H groups in total. The van der Waals surface area contributed by atoms with E-state index in [1.165, 1.54) is 17.5 Å². The highest BCUT2D eigenvalue weighted by Gasteiger charge is 2.56. The molecule has 0 amide bonds. The first-order valence-electron chi connectivity index (χ1n) is 19.0. The van der Waals surface area contributed by atoms with Crippen LogP contribution in [0.15, 0.2) is 76.5 Å². The van der Waals surface area contributed by atoms with Gasteiger partial charge in [0.15, 0.2) is 11.3 Å². The zero-order valence-electron chi connectivity index (χ0n) is 30.9. The van der Waals surface area contributed by atoms with Gasteiger partial charge in [-0.25, -0.2) is 22.7 Å². The minimum absolute atomic E-state index is 0.0125. The summed E-state index contributed by atoms with van der Waals surface area (Å²) in [5, 5.41) is 26.9. The standard InChI is InChI=1S/C40H50ClN5O7S2/c1-26(37(47)40(39(50)51)21-8-22-46(40)30-11-6-3-7-12-30)43-32(38(48)49)19-17-28-13-15-29(16-14-28)25-42-55(52,53)35-24-34-33(23-31(35)41)44-36(45-54-34)20-18-27-9-4-2-5-10-27/h2,4-5,9-10,13-16,23-24,26,30,32,36,42-45H,3,6-8,11-12,17-22,25H2,1H3,(H,48,49)(H,50,51)/t26-,32-,36?,40-/m0/s1. The van der Waals surface area contributed by atoms with Gasteiger partial charge in [0.05, 0.1) is 22.9 Å². The Hall–Kier alpha value is -3.50. The average molecular weight is 812 g/mol. The maximum absolute atomic E-state index is 13.9. The number of carboxylic acids is 2. The zero-order chi connectivity index (χ0) is 39.2. The largest absolute Gasteiger partial charge is 0.480 e. The zero-order valence-corrected chi connectivity index (χ0v) is 33.3. The van der Waals surface area contributed by atoms with Crippen molar-refractivity contribution in [2.75, 3.05) is 11.9 Å². The number of aryl methyl sites for hydroxylation is 2. The number of rotatable bonds is 17. The van der Waals surface area contributed by atoms with Gasteiger partial charge < -0.3 is 15.5 Å². The number of ketones is 1. The minimum Gasteiger partial charge on any atom is -0.480 e. The number of nitrogens with zero attached hydrogens (tertiary/aromatic N) is 1. The number of carboxylic acid groups (broad SMARTS) is 2. The molecule has 4 atom stereocenters. The SMILES string of the molecule is C[C@H](N[C@@H](CCc1ccc(CNS(=O)(=O)c2cc3c(cc2Cl)NC(CCc2ccccc2)NS3)cc1)C(=O)O)C(=O)[C@]1(C(=O)O)CCCN1C1CCCCC1. The van der Waals surface area contributed by atoms with E-state index >= 15 is 0 Å². The van der Waals surface area contributed by atoms with Gasteiger partial charge in [-0.15, -0.1) is 0 Å². The average Bonchev–Trinajstić information content (AvgIpc) is 3.65. The number of halogens is 1. The third-order valence-electron chi connectivity index (χ3n) is 11.1. The van der Waals surface area contributed by atoms with Crippen molar-refractivity contribution in [1.82, 2.24) is 19.7 Å². The van der Waals surface area contributed by atoms with Crippen molar-refractivity contribution in [1.29, 1.82) is 0 Å². The van der Waals surface area contributed by atoms with E-state index in [1.807, 2.05) is 35.2 Å². The molecule has 12 nitrogen and oxygen atoms in total. The minimum atomic E-state index is -3.96. The summed E-state index contributed by atoms with van der Waals surface area (Å²) in [6, 6.07) is 18.5. The molecule has 55 heavy (non-hydrogen) atoms. The van der Waals surface area contributed by atoms with Gasteiger partial charge in [0.25, 0.3) is 0 Å². The summed E-state index contributed by atoms with van der Waals surface area (Å²) in [6.07, 6.45) is 7.90. The van der Waals surface area contributed by atoms with E-state index < -0.39 is 45.4 Å². The van der Waals surface area contributed by atoms with Crippen LogP contribution in [0.25, 0.3) is 0 Å². The van der Waals surface area contributed by atoms with Gasteiger partial charge in [0.1, 0.15) is 10.9 Å². The smallest absolute Gasteiger partial charge is 0.331 e. The Balaban J connectivity index is 1.01. The van der Waals surface area contributed by atoms with Crippen LogP contribution in [0.5, 0.6) is 0 Å². The van der Waals surface area contributed by atoms with Crippen molar-refractivity contribution in [3.05, 3.63) is 88.4 Å². The Labute approximate surface area is 332 Å². The lowest BCUT2D eigenvalue weighted by molar-refractivity contribution is -0.158. The Bertz CT molecular complexity index is 1950. The number of benzene rings is 3. The van der Waals surface area contributed by atoms with Gasteiger partial charge in [-0.05, 0) is 99.1 Å². The third kappa shape index (κ3) is 9.73. The van der Waals surface area contributed by atoms with E-state index in [4.69, 9.17) is 11.6 Å². The van der Waals surface area contributed by atoms with Crippen LogP contribution in [0.1, 0.15) is 81.4 Å². The number of anilines is 1. The van der Waals surface area contributed by atoms with Crippen molar-refractivity contribution in [2.24, 2.45) is 0 Å². The summed E-state index contributed by atoms with van der Waals surface area (Å²) in [5.41, 5.74) is 1.88. The van der Waals surface area contributed by atoms with E-state index in [0.717, 1.165) is 61.1 Å². The molecule has 2 aliphatic heterocycles.